The van der Waals surface area contributed by atoms with E-state index in [1.807, 2.05) is 17.9 Å². The molecule has 7 heteroatoms. The molecule has 1 aromatic carbocycles. The molecule has 29 heavy (non-hydrogen) atoms. The Morgan fingerprint density at radius 1 is 1.17 bits per heavy atom. The van der Waals surface area contributed by atoms with Crippen LogP contribution in [-0.4, -0.2) is 72.1 Å². The van der Waals surface area contributed by atoms with Crippen molar-refractivity contribution >= 4 is 12.0 Å². The highest BCUT2D eigenvalue weighted by atomic mass is 19.1. The van der Waals surface area contributed by atoms with Crippen molar-refractivity contribution < 1.29 is 18.7 Å². The molecule has 158 valence electrons. The van der Waals surface area contributed by atoms with Gasteiger partial charge in [0, 0.05) is 51.6 Å². The van der Waals surface area contributed by atoms with Gasteiger partial charge in [-0.25, -0.2) is 9.18 Å². The second-order valence-electron chi connectivity index (χ2n) is 8.47. The lowest BCUT2D eigenvalue weighted by Crippen LogP contribution is -2.47. The van der Waals surface area contributed by atoms with Gasteiger partial charge in [-0.05, 0) is 43.4 Å². The molecule has 0 N–H and O–H groups in total. The normalized spacial score (nSPS) is 27.9. The van der Waals surface area contributed by atoms with E-state index in [0.717, 1.165) is 51.1 Å². The first-order chi connectivity index (χ1) is 14.0. The number of fused-ring (bicyclic) bond motifs is 1. The third kappa shape index (κ3) is 3.97. The Balaban J connectivity index is 1.43. The van der Waals surface area contributed by atoms with Crippen molar-refractivity contribution in [1.29, 1.82) is 0 Å². The number of hydrogen-bond acceptors (Lipinski definition) is 4. The van der Waals surface area contributed by atoms with E-state index in [-0.39, 0.29) is 23.9 Å². The summed E-state index contributed by atoms with van der Waals surface area (Å²) in [5.41, 5.74) is 0.895. The van der Waals surface area contributed by atoms with Crippen LogP contribution in [0.25, 0.3) is 0 Å². The zero-order chi connectivity index (χ0) is 20.5. The molecule has 0 aliphatic carbocycles. The minimum atomic E-state index is -0.254. The van der Waals surface area contributed by atoms with Crippen molar-refractivity contribution in [3.8, 4) is 0 Å². The second-order valence-corrected chi connectivity index (χ2v) is 8.47. The number of hydrogen-bond donors (Lipinski definition) is 0. The van der Waals surface area contributed by atoms with Crippen molar-refractivity contribution in [2.24, 2.45) is 11.8 Å². The number of likely N-dealkylation sites (tertiary alicyclic amines) is 3. The topological polar surface area (TPSA) is 53.1 Å². The number of halogens is 1. The highest BCUT2D eigenvalue weighted by Gasteiger charge is 2.49. The van der Waals surface area contributed by atoms with Gasteiger partial charge in [0.25, 0.3) is 0 Å². The summed E-state index contributed by atoms with van der Waals surface area (Å²) in [6.45, 7) is 7.90. The van der Waals surface area contributed by atoms with Crippen LogP contribution in [0, 0.1) is 17.7 Å². The van der Waals surface area contributed by atoms with Crippen LogP contribution in [0.15, 0.2) is 24.3 Å². The molecule has 3 fully saturated rings. The number of piperidine rings is 1. The highest BCUT2D eigenvalue weighted by molar-refractivity contribution is 5.74. The summed E-state index contributed by atoms with van der Waals surface area (Å²) in [7, 11) is 0. The molecule has 0 radical (unpaired) electrons. The minimum absolute atomic E-state index is 0.0576. The van der Waals surface area contributed by atoms with E-state index in [4.69, 9.17) is 4.74 Å². The van der Waals surface area contributed by atoms with Gasteiger partial charge in [0.05, 0.1) is 12.6 Å². The van der Waals surface area contributed by atoms with E-state index in [2.05, 4.69) is 4.90 Å². The lowest BCUT2D eigenvalue weighted by atomic mass is 9.89. The maximum absolute atomic E-state index is 13.9. The van der Waals surface area contributed by atoms with Gasteiger partial charge in [-0.3, -0.25) is 9.69 Å². The van der Waals surface area contributed by atoms with E-state index in [1.54, 1.807) is 24.0 Å². The Kier molecular flexibility index (Phi) is 5.76. The molecule has 3 aliphatic rings. The van der Waals surface area contributed by atoms with Gasteiger partial charge in [0.15, 0.2) is 0 Å². The van der Waals surface area contributed by atoms with Crippen LogP contribution in [0.5, 0.6) is 0 Å². The van der Waals surface area contributed by atoms with Gasteiger partial charge in [-0.1, -0.05) is 12.1 Å². The molecule has 0 spiro atoms. The summed E-state index contributed by atoms with van der Waals surface area (Å²) in [6.07, 6.45) is 1.67. The number of carbonyl (C=O) groups is 2. The first kappa shape index (κ1) is 20.1. The van der Waals surface area contributed by atoms with Gasteiger partial charge in [-0.15, -0.1) is 0 Å². The summed E-state index contributed by atoms with van der Waals surface area (Å²) in [6, 6.07) is 7.08. The smallest absolute Gasteiger partial charge is 0.409 e. The molecule has 4 rings (SSSR count). The molecular formula is C22H30FN3O3. The minimum Gasteiger partial charge on any atom is -0.450 e. The number of carbonyl (C=O) groups excluding carboxylic acids is 2. The Morgan fingerprint density at radius 3 is 2.59 bits per heavy atom. The fraction of sp³-hybridized carbons (Fsp3) is 0.636. The van der Waals surface area contributed by atoms with Gasteiger partial charge < -0.3 is 14.5 Å². The lowest BCUT2D eigenvalue weighted by molar-refractivity contribution is -0.130. The quantitative estimate of drug-likeness (QED) is 0.779. The standard InChI is InChI=1S/C22H30FN3O3/c1-3-29-22(28)24-9-7-19(8-10-24)25-12-17-13-26(15(2)27)21(20(17)14-25)16-5-4-6-18(23)11-16/h4-6,11,17,19-21H,3,7-10,12-14H2,1-2H3/t17-,20-,21+/m1/s1. The third-order valence-corrected chi connectivity index (χ3v) is 6.79. The fourth-order valence-corrected chi connectivity index (χ4v) is 5.45. The lowest BCUT2D eigenvalue weighted by Gasteiger charge is -2.37. The zero-order valence-corrected chi connectivity index (χ0v) is 17.2. The van der Waals surface area contributed by atoms with E-state index in [9.17, 15) is 14.0 Å². The van der Waals surface area contributed by atoms with Gasteiger partial charge in [0.1, 0.15) is 5.82 Å². The summed E-state index contributed by atoms with van der Waals surface area (Å²) < 4.78 is 19.0. The zero-order valence-electron chi connectivity index (χ0n) is 17.2. The monoisotopic (exact) mass is 403 g/mol. The van der Waals surface area contributed by atoms with Crippen molar-refractivity contribution in [3.05, 3.63) is 35.6 Å². The maximum atomic E-state index is 13.9. The van der Waals surface area contributed by atoms with Gasteiger partial charge >= 0.3 is 6.09 Å². The van der Waals surface area contributed by atoms with Gasteiger partial charge in [-0.2, -0.15) is 0 Å². The van der Waals surface area contributed by atoms with Crippen molar-refractivity contribution in [3.63, 3.8) is 0 Å². The molecule has 0 aromatic heterocycles. The predicted octanol–water partition coefficient (Wildman–Crippen LogP) is 2.90. The Bertz CT molecular complexity index is 765. The van der Waals surface area contributed by atoms with E-state index < -0.39 is 0 Å². The first-order valence-electron chi connectivity index (χ1n) is 10.7. The fourth-order valence-electron chi connectivity index (χ4n) is 5.45. The molecule has 3 aliphatic heterocycles. The maximum Gasteiger partial charge on any atom is 0.409 e. The predicted molar refractivity (Wildman–Crippen MR) is 107 cm³/mol. The van der Waals surface area contributed by atoms with Crippen LogP contribution >= 0.6 is 0 Å². The Morgan fingerprint density at radius 2 is 1.93 bits per heavy atom. The van der Waals surface area contributed by atoms with E-state index in [1.165, 1.54) is 6.07 Å². The van der Waals surface area contributed by atoms with Gasteiger partial charge in [0.2, 0.25) is 5.91 Å². The van der Waals surface area contributed by atoms with E-state index >= 15 is 0 Å². The Labute approximate surface area is 171 Å². The second kappa shape index (κ2) is 8.30. The van der Waals surface area contributed by atoms with Crippen LogP contribution in [0.3, 0.4) is 0 Å². The summed E-state index contributed by atoms with van der Waals surface area (Å²) >= 11 is 0. The molecule has 0 saturated carbocycles. The molecule has 0 unspecified atom stereocenters. The van der Waals surface area contributed by atoms with Crippen LogP contribution in [0.4, 0.5) is 9.18 Å². The number of ether oxygens (including phenoxy) is 1. The van der Waals surface area contributed by atoms with Crippen LogP contribution in [0.1, 0.15) is 38.3 Å². The Hall–Kier alpha value is -2.15. The average Bonchev–Trinajstić information content (AvgIpc) is 3.26. The highest BCUT2D eigenvalue weighted by Crippen LogP contribution is 2.46. The number of rotatable bonds is 3. The molecule has 0 bridgehead atoms. The van der Waals surface area contributed by atoms with E-state index in [0.29, 0.717) is 24.5 Å². The molecule has 3 heterocycles. The number of amides is 2. The summed E-state index contributed by atoms with van der Waals surface area (Å²) in [5, 5.41) is 0. The third-order valence-electron chi connectivity index (χ3n) is 6.79. The SMILES string of the molecule is CCOC(=O)N1CCC(N2C[C@@H]3CN(C(C)=O)[C@@H](c4cccc(F)c4)[C@@H]3C2)CC1. The van der Waals surface area contributed by atoms with Crippen molar-refractivity contribution in [1.82, 2.24) is 14.7 Å². The van der Waals surface area contributed by atoms with Crippen molar-refractivity contribution in [2.75, 3.05) is 39.3 Å². The number of nitrogens with zero attached hydrogens (tertiary/aromatic N) is 3. The molecule has 3 saturated heterocycles. The molecular weight excluding hydrogens is 373 g/mol. The molecule has 1 aromatic rings. The summed E-state index contributed by atoms with van der Waals surface area (Å²) in [4.78, 5) is 30.4. The van der Waals surface area contributed by atoms with Crippen LogP contribution in [0.2, 0.25) is 0 Å². The summed E-state index contributed by atoms with van der Waals surface area (Å²) in [5.74, 6) is 0.539. The van der Waals surface area contributed by atoms with Crippen LogP contribution in [-0.2, 0) is 9.53 Å². The van der Waals surface area contributed by atoms with Crippen LogP contribution < -0.4 is 0 Å². The molecule has 2 amide bonds. The van der Waals surface area contributed by atoms with Crippen molar-refractivity contribution in [2.45, 2.75) is 38.8 Å². The largest absolute Gasteiger partial charge is 0.450 e. The molecule has 6 nitrogen and oxygen atoms in total. The number of benzene rings is 1. The molecule has 3 atom stereocenters. The first-order valence-corrected chi connectivity index (χ1v) is 10.7. The average molecular weight is 403 g/mol.